The lowest BCUT2D eigenvalue weighted by Gasteiger charge is -2.15. The average Bonchev–Trinajstić information content (AvgIpc) is 2.65. The van der Waals surface area contributed by atoms with Gasteiger partial charge in [0.25, 0.3) is 5.91 Å². The van der Waals surface area contributed by atoms with Crippen LogP contribution in [-0.2, 0) is 26.1 Å². The smallest absolute Gasteiger partial charge is 0.341 e. The summed E-state index contributed by atoms with van der Waals surface area (Å²) in [7, 11) is -2.00. The molecule has 0 bridgehead atoms. The van der Waals surface area contributed by atoms with E-state index in [9.17, 15) is 18.0 Å². The Bertz CT molecular complexity index is 941. The van der Waals surface area contributed by atoms with Crippen molar-refractivity contribution in [2.24, 2.45) is 0 Å². The molecule has 2 N–H and O–H groups in total. The van der Waals surface area contributed by atoms with Gasteiger partial charge >= 0.3 is 5.97 Å². The van der Waals surface area contributed by atoms with Crippen LogP contribution in [0.25, 0.3) is 0 Å². The van der Waals surface area contributed by atoms with Gasteiger partial charge in [0.1, 0.15) is 5.75 Å². The molecule has 9 heteroatoms. The third-order valence-corrected chi connectivity index (χ3v) is 4.31. The van der Waals surface area contributed by atoms with Crippen LogP contribution in [0.15, 0.2) is 48.5 Å². The predicted octanol–water partition coefficient (Wildman–Crippen LogP) is 1.93. The highest BCUT2D eigenvalue weighted by Gasteiger charge is 2.21. The van der Waals surface area contributed by atoms with Gasteiger partial charge < -0.3 is 14.8 Å². The van der Waals surface area contributed by atoms with Gasteiger partial charge in [0.2, 0.25) is 10.0 Å². The number of methoxy groups -OCH3 is 1. The minimum Gasteiger partial charge on any atom is -0.497 e. The van der Waals surface area contributed by atoms with Crippen LogP contribution in [-0.4, -0.2) is 39.8 Å². The second-order valence-electron chi connectivity index (χ2n) is 6.03. The minimum atomic E-state index is -3.57. The van der Waals surface area contributed by atoms with Crippen molar-refractivity contribution in [2.45, 2.75) is 19.6 Å². The summed E-state index contributed by atoms with van der Waals surface area (Å²) in [5.74, 6) is -0.574. The fourth-order valence-electron chi connectivity index (χ4n) is 2.30. The molecule has 0 heterocycles. The Hall–Kier alpha value is -3.07. The van der Waals surface area contributed by atoms with Crippen molar-refractivity contribution in [3.8, 4) is 5.75 Å². The molecule has 1 amide bonds. The summed E-state index contributed by atoms with van der Waals surface area (Å²) in [5.41, 5.74) is 0.957. The number of nitrogens with one attached hydrogen (secondary N) is 2. The molecule has 2 aromatic rings. The molecule has 2 aromatic carbocycles. The Morgan fingerprint density at radius 2 is 1.71 bits per heavy atom. The lowest BCUT2D eigenvalue weighted by molar-refractivity contribution is -0.129. The van der Waals surface area contributed by atoms with E-state index in [4.69, 9.17) is 9.47 Å². The van der Waals surface area contributed by atoms with Crippen molar-refractivity contribution in [3.63, 3.8) is 0 Å². The summed E-state index contributed by atoms with van der Waals surface area (Å²) in [4.78, 5) is 24.6. The van der Waals surface area contributed by atoms with Crippen molar-refractivity contribution in [1.82, 2.24) is 5.32 Å². The van der Waals surface area contributed by atoms with Gasteiger partial charge in [-0.2, -0.15) is 0 Å². The van der Waals surface area contributed by atoms with E-state index >= 15 is 0 Å². The van der Waals surface area contributed by atoms with Gasteiger partial charge in [-0.05, 0) is 36.8 Å². The quantitative estimate of drug-likeness (QED) is 0.648. The van der Waals surface area contributed by atoms with Gasteiger partial charge in [-0.1, -0.05) is 24.3 Å². The molecule has 0 saturated heterocycles. The molecule has 0 radical (unpaired) electrons. The van der Waals surface area contributed by atoms with Crippen LogP contribution in [0, 0.1) is 0 Å². The first-order chi connectivity index (χ1) is 13.2. The number of benzene rings is 2. The second kappa shape index (κ2) is 9.23. The Kier molecular flexibility index (Phi) is 7.00. The minimum absolute atomic E-state index is 0.0164. The zero-order valence-electron chi connectivity index (χ0n) is 15.8. The first kappa shape index (κ1) is 21.2. The normalized spacial score (nSPS) is 12.0. The molecule has 0 aliphatic rings. The molecule has 0 aliphatic carbocycles. The fraction of sp³-hybridized carbons (Fsp3) is 0.263. The first-order valence-corrected chi connectivity index (χ1v) is 10.3. The van der Waals surface area contributed by atoms with Crippen molar-refractivity contribution < 1.29 is 27.5 Å². The summed E-state index contributed by atoms with van der Waals surface area (Å²) in [5, 5.41) is 2.68. The number of sulfonamides is 1. The summed E-state index contributed by atoms with van der Waals surface area (Å²) < 4.78 is 35.4. The third kappa shape index (κ3) is 6.27. The van der Waals surface area contributed by atoms with E-state index in [0.717, 1.165) is 11.8 Å². The summed E-state index contributed by atoms with van der Waals surface area (Å²) >= 11 is 0. The molecule has 150 valence electrons. The van der Waals surface area contributed by atoms with Gasteiger partial charge in [-0.3, -0.25) is 9.52 Å². The van der Waals surface area contributed by atoms with E-state index in [1.807, 2.05) is 12.1 Å². The third-order valence-electron chi connectivity index (χ3n) is 3.72. The molecule has 2 rings (SSSR count). The zero-order chi connectivity index (χ0) is 20.7. The molecule has 0 aliphatic heterocycles. The Labute approximate surface area is 163 Å². The number of ether oxygens (including phenoxy) is 2. The molecule has 0 fully saturated rings. The number of carbonyl (C=O) groups excluding carboxylic acids is 2. The predicted molar refractivity (Wildman–Crippen MR) is 105 cm³/mol. The van der Waals surface area contributed by atoms with Crippen LogP contribution in [0.1, 0.15) is 22.8 Å². The van der Waals surface area contributed by atoms with E-state index in [1.165, 1.54) is 19.1 Å². The SMILES string of the molecule is COc1ccc(CNC(=O)C(C)OC(=O)c2ccccc2NS(C)(=O)=O)cc1. The molecule has 0 saturated carbocycles. The van der Waals surface area contributed by atoms with E-state index in [-0.39, 0.29) is 17.8 Å². The maximum Gasteiger partial charge on any atom is 0.341 e. The zero-order valence-corrected chi connectivity index (χ0v) is 16.6. The van der Waals surface area contributed by atoms with Crippen LogP contribution in [0.3, 0.4) is 0 Å². The Morgan fingerprint density at radius 3 is 2.32 bits per heavy atom. The highest BCUT2D eigenvalue weighted by molar-refractivity contribution is 7.92. The van der Waals surface area contributed by atoms with E-state index in [1.54, 1.807) is 31.4 Å². The van der Waals surface area contributed by atoms with Gasteiger partial charge in [0, 0.05) is 6.54 Å². The summed E-state index contributed by atoms with van der Waals surface area (Å²) in [6.07, 6.45) is -0.0818. The standard InChI is InChI=1S/C19H22N2O6S/c1-13(18(22)20-12-14-8-10-15(26-2)11-9-14)27-19(23)16-6-4-5-7-17(16)21-28(3,24)25/h4-11,13,21H,12H2,1-3H3,(H,20,22). The second-order valence-corrected chi connectivity index (χ2v) is 7.78. The van der Waals surface area contributed by atoms with Crippen molar-refractivity contribution >= 4 is 27.6 Å². The molecule has 8 nitrogen and oxygen atoms in total. The lowest BCUT2D eigenvalue weighted by atomic mass is 10.2. The molecule has 0 spiro atoms. The van der Waals surface area contributed by atoms with E-state index in [2.05, 4.69) is 10.0 Å². The number of esters is 1. The number of hydrogen-bond acceptors (Lipinski definition) is 6. The largest absolute Gasteiger partial charge is 0.497 e. The van der Waals surface area contributed by atoms with Gasteiger partial charge in [0.05, 0.1) is 24.6 Å². The van der Waals surface area contributed by atoms with Crippen molar-refractivity contribution in [2.75, 3.05) is 18.1 Å². The molecular weight excluding hydrogens is 384 g/mol. The Morgan fingerprint density at radius 1 is 1.07 bits per heavy atom. The molecule has 1 atom stereocenters. The van der Waals surface area contributed by atoms with E-state index in [0.29, 0.717) is 5.75 Å². The van der Waals surface area contributed by atoms with Crippen molar-refractivity contribution in [1.29, 1.82) is 0 Å². The number of amides is 1. The molecule has 0 aromatic heterocycles. The first-order valence-electron chi connectivity index (χ1n) is 8.38. The number of rotatable bonds is 8. The van der Waals surface area contributed by atoms with E-state index < -0.39 is 28.0 Å². The highest BCUT2D eigenvalue weighted by atomic mass is 32.2. The topological polar surface area (TPSA) is 111 Å². The molecular formula is C19H22N2O6S. The van der Waals surface area contributed by atoms with Crippen LogP contribution >= 0.6 is 0 Å². The van der Waals surface area contributed by atoms with Crippen LogP contribution in [0.2, 0.25) is 0 Å². The monoisotopic (exact) mass is 406 g/mol. The summed E-state index contributed by atoms with van der Waals surface area (Å²) in [6, 6.07) is 13.2. The maximum absolute atomic E-state index is 12.4. The van der Waals surface area contributed by atoms with Crippen molar-refractivity contribution in [3.05, 3.63) is 59.7 Å². The number of anilines is 1. The highest BCUT2D eigenvalue weighted by Crippen LogP contribution is 2.18. The maximum atomic E-state index is 12.4. The Balaban J connectivity index is 1.97. The van der Waals surface area contributed by atoms with Gasteiger partial charge in [-0.25, -0.2) is 13.2 Å². The molecule has 28 heavy (non-hydrogen) atoms. The number of hydrogen-bond donors (Lipinski definition) is 2. The van der Waals surface area contributed by atoms with Gasteiger partial charge in [-0.15, -0.1) is 0 Å². The van der Waals surface area contributed by atoms with Crippen LogP contribution in [0.4, 0.5) is 5.69 Å². The number of carbonyl (C=O) groups is 2. The van der Waals surface area contributed by atoms with Crippen LogP contribution < -0.4 is 14.8 Å². The van der Waals surface area contributed by atoms with Crippen LogP contribution in [0.5, 0.6) is 5.75 Å². The average molecular weight is 406 g/mol. The fourth-order valence-corrected chi connectivity index (χ4v) is 2.88. The van der Waals surface area contributed by atoms with Gasteiger partial charge in [0.15, 0.2) is 6.10 Å². The number of para-hydroxylation sites is 1. The molecule has 1 unspecified atom stereocenters. The lowest BCUT2D eigenvalue weighted by Crippen LogP contribution is -2.35. The summed E-state index contributed by atoms with van der Waals surface area (Å²) in [6.45, 7) is 1.70.